The number of sulfonamides is 1. The number of nitrogens with one attached hydrogen (secondary N) is 1. The van der Waals surface area contributed by atoms with Crippen molar-refractivity contribution in [3.8, 4) is 5.75 Å². The van der Waals surface area contributed by atoms with Gasteiger partial charge < -0.3 is 10.1 Å². The maximum atomic E-state index is 12.6. The van der Waals surface area contributed by atoms with E-state index in [4.69, 9.17) is 16.3 Å². The topological polar surface area (TPSA) is 110 Å². The Morgan fingerprint density at radius 1 is 1.20 bits per heavy atom. The Labute approximate surface area is 180 Å². The molecule has 1 amide bonds. The summed E-state index contributed by atoms with van der Waals surface area (Å²) in [6.07, 6.45) is -0.107. The molecule has 30 heavy (non-hydrogen) atoms. The molecule has 2 aromatic carbocycles. The Balaban J connectivity index is 1.86. The van der Waals surface area contributed by atoms with Crippen LogP contribution in [0.2, 0.25) is 5.02 Å². The number of carbonyl (C=O) groups is 1. The number of hydrogen-bond donors (Lipinski definition) is 1. The molecule has 0 aliphatic carbocycles. The van der Waals surface area contributed by atoms with Gasteiger partial charge in [-0.1, -0.05) is 30.7 Å². The molecule has 1 aliphatic rings. The van der Waals surface area contributed by atoms with Gasteiger partial charge >= 0.3 is 0 Å². The summed E-state index contributed by atoms with van der Waals surface area (Å²) in [5.74, 6) is -0.510. The number of fused-ring (bicyclic) bond motifs is 1. The van der Waals surface area contributed by atoms with Crippen LogP contribution in [0.1, 0.15) is 12.5 Å². The molecular weight excluding hydrogens is 452 g/mol. The van der Waals surface area contributed by atoms with E-state index >= 15 is 0 Å². The molecule has 1 N–H and O–H groups in total. The fraction of sp³-hybridized carbons (Fsp3) is 0.316. The number of hydrogen-bond acceptors (Lipinski definition) is 6. The van der Waals surface area contributed by atoms with E-state index in [1.54, 1.807) is 24.3 Å². The highest BCUT2D eigenvalue weighted by Crippen LogP contribution is 2.37. The van der Waals surface area contributed by atoms with E-state index in [1.807, 2.05) is 0 Å². The third kappa shape index (κ3) is 4.88. The van der Waals surface area contributed by atoms with E-state index in [1.165, 1.54) is 25.1 Å². The number of halogens is 1. The minimum atomic E-state index is -3.79. The van der Waals surface area contributed by atoms with Gasteiger partial charge in [0.25, 0.3) is 5.91 Å². The summed E-state index contributed by atoms with van der Waals surface area (Å²) < 4.78 is 55.7. The zero-order valence-corrected chi connectivity index (χ0v) is 18.7. The maximum absolute atomic E-state index is 12.6. The van der Waals surface area contributed by atoms with Crippen molar-refractivity contribution in [3.63, 3.8) is 0 Å². The number of carbonyl (C=O) groups excluding carboxylic acids is 1. The van der Waals surface area contributed by atoms with Gasteiger partial charge in [0.1, 0.15) is 5.75 Å². The molecule has 2 aromatic rings. The summed E-state index contributed by atoms with van der Waals surface area (Å²) in [6.45, 7) is 1.42. The summed E-state index contributed by atoms with van der Waals surface area (Å²) in [4.78, 5) is 12.6. The van der Waals surface area contributed by atoms with E-state index < -0.39 is 31.9 Å². The number of amides is 1. The fourth-order valence-electron chi connectivity index (χ4n) is 2.99. The number of rotatable bonds is 6. The molecular formula is C19H21ClN2O6S2. The van der Waals surface area contributed by atoms with Crippen LogP contribution < -0.4 is 14.4 Å². The van der Waals surface area contributed by atoms with E-state index in [-0.39, 0.29) is 35.2 Å². The lowest BCUT2D eigenvalue weighted by atomic mass is 10.2. The molecule has 1 aliphatic heterocycles. The van der Waals surface area contributed by atoms with Gasteiger partial charge in [-0.3, -0.25) is 9.10 Å². The summed E-state index contributed by atoms with van der Waals surface area (Å²) >= 11 is 5.94. The summed E-state index contributed by atoms with van der Waals surface area (Å²) in [6, 6.07) is 10.9. The van der Waals surface area contributed by atoms with Gasteiger partial charge in [0.2, 0.25) is 10.0 Å². The first kappa shape index (κ1) is 22.4. The SMILES string of the molecule is CCS(=O)(=O)c1ccc2c(c1)N(S(C)(=O)=O)C[C@H](C(=O)NCc1cccc(Cl)c1)O2. The van der Waals surface area contributed by atoms with Crippen molar-refractivity contribution in [3.05, 3.63) is 53.1 Å². The molecule has 3 rings (SSSR count). The fourth-order valence-corrected chi connectivity index (χ4v) is 5.01. The van der Waals surface area contributed by atoms with Gasteiger partial charge in [-0.2, -0.15) is 0 Å². The van der Waals surface area contributed by atoms with Crippen LogP contribution >= 0.6 is 11.6 Å². The monoisotopic (exact) mass is 472 g/mol. The van der Waals surface area contributed by atoms with Crippen LogP contribution in [0, 0.1) is 0 Å². The second-order valence-electron chi connectivity index (χ2n) is 6.78. The second-order valence-corrected chi connectivity index (χ2v) is 11.4. The molecule has 0 aromatic heterocycles. The molecule has 162 valence electrons. The minimum Gasteiger partial charge on any atom is -0.476 e. The lowest BCUT2D eigenvalue weighted by Crippen LogP contribution is -2.50. The average Bonchev–Trinajstić information content (AvgIpc) is 2.70. The van der Waals surface area contributed by atoms with Crippen molar-refractivity contribution in [2.24, 2.45) is 0 Å². The summed E-state index contributed by atoms with van der Waals surface area (Å²) in [5.41, 5.74) is 0.868. The Morgan fingerprint density at radius 3 is 2.57 bits per heavy atom. The molecule has 0 saturated carbocycles. The van der Waals surface area contributed by atoms with E-state index in [0.717, 1.165) is 16.1 Å². The summed E-state index contributed by atoms with van der Waals surface area (Å²) in [7, 11) is -7.33. The quantitative estimate of drug-likeness (QED) is 0.688. The normalized spacial score (nSPS) is 16.5. The zero-order chi connectivity index (χ0) is 22.1. The molecule has 1 heterocycles. The van der Waals surface area contributed by atoms with E-state index in [0.29, 0.717) is 5.02 Å². The minimum absolute atomic E-state index is 0.00939. The van der Waals surface area contributed by atoms with E-state index in [2.05, 4.69) is 5.32 Å². The van der Waals surface area contributed by atoms with Crippen LogP contribution in [0.4, 0.5) is 5.69 Å². The number of ether oxygens (including phenoxy) is 1. The van der Waals surface area contributed by atoms with Crippen LogP contribution in [-0.2, 0) is 31.2 Å². The number of sulfone groups is 1. The first-order chi connectivity index (χ1) is 14.0. The first-order valence-electron chi connectivity index (χ1n) is 9.04. The molecule has 0 bridgehead atoms. The standard InChI is InChI=1S/C19H21ClN2O6S2/c1-3-30(26,27)15-7-8-17-16(10-15)22(29(2,24)25)12-18(28-17)19(23)21-11-13-5-4-6-14(20)9-13/h4-10,18H,3,11-12H2,1-2H3,(H,21,23)/t18-/m1/s1. The van der Waals surface area contributed by atoms with Gasteiger partial charge in [0.15, 0.2) is 15.9 Å². The molecule has 0 saturated heterocycles. The van der Waals surface area contributed by atoms with Crippen molar-refractivity contribution >= 4 is 43.1 Å². The highest BCUT2D eigenvalue weighted by molar-refractivity contribution is 7.92. The van der Waals surface area contributed by atoms with Crippen molar-refractivity contribution < 1.29 is 26.4 Å². The Hall–Kier alpha value is -2.30. The van der Waals surface area contributed by atoms with Crippen molar-refractivity contribution in [2.75, 3.05) is 22.9 Å². The van der Waals surface area contributed by atoms with Crippen LogP contribution in [0.15, 0.2) is 47.4 Å². The number of anilines is 1. The van der Waals surface area contributed by atoms with Gasteiger partial charge in [0, 0.05) is 11.6 Å². The van der Waals surface area contributed by atoms with Gasteiger partial charge in [-0.15, -0.1) is 0 Å². The number of benzene rings is 2. The van der Waals surface area contributed by atoms with E-state index in [9.17, 15) is 21.6 Å². The average molecular weight is 473 g/mol. The molecule has 0 spiro atoms. The largest absolute Gasteiger partial charge is 0.476 e. The highest BCUT2D eigenvalue weighted by Gasteiger charge is 2.35. The molecule has 8 nitrogen and oxygen atoms in total. The van der Waals surface area contributed by atoms with Gasteiger partial charge in [0.05, 0.1) is 29.1 Å². The van der Waals surface area contributed by atoms with Gasteiger partial charge in [-0.25, -0.2) is 16.8 Å². The van der Waals surface area contributed by atoms with Crippen LogP contribution in [0.5, 0.6) is 5.75 Å². The zero-order valence-electron chi connectivity index (χ0n) is 16.3. The van der Waals surface area contributed by atoms with Crippen LogP contribution in [0.25, 0.3) is 0 Å². The molecule has 1 atom stereocenters. The highest BCUT2D eigenvalue weighted by atomic mass is 35.5. The third-order valence-corrected chi connectivity index (χ3v) is 7.70. The predicted octanol–water partition coefficient (Wildman–Crippen LogP) is 1.98. The Bertz CT molecular complexity index is 1180. The maximum Gasteiger partial charge on any atom is 0.263 e. The molecule has 0 unspecified atom stereocenters. The van der Waals surface area contributed by atoms with Crippen LogP contribution in [0.3, 0.4) is 0 Å². The molecule has 0 radical (unpaired) electrons. The Kier molecular flexibility index (Phi) is 6.30. The third-order valence-electron chi connectivity index (χ3n) is 4.59. The number of nitrogens with zero attached hydrogens (tertiary/aromatic N) is 1. The van der Waals surface area contributed by atoms with Gasteiger partial charge in [-0.05, 0) is 35.9 Å². The predicted molar refractivity (Wildman–Crippen MR) is 114 cm³/mol. The van der Waals surface area contributed by atoms with Crippen molar-refractivity contribution in [1.29, 1.82) is 0 Å². The smallest absolute Gasteiger partial charge is 0.263 e. The lowest BCUT2D eigenvalue weighted by Gasteiger charge is -2.34. The Morgan fingerprint density at radius 2 is 1.93 bits per heavy atom. The summed E-state index contributed by atoms with van der Waals surface area (Å²) in [5, 5.41) is 3.24. The van der Waals surface area contributed by atoms with Crippen molar-refractivity contribution in [1.82, 2.24) is 5.32 Å². The molecule has 0 fully saturated rings. The first-order valence-corrected chi connectivity index (χ1v) is 12.9. The molecule has 11 heteroatoms. The van der Waals surface area contributed by atoms with Crippen LogP contribution in [-0.4, -0.2) is 47.4 Å². The lowest BCUT2D eigenvalue weighted by molar-refractivity contribution is -0.127. The second kappa shape index (κ2) is 8.44. The van der Waals surface area contributed by atoms with Crippen molar-refractivity contribution in [2.45, 2.75) is 24.5 Å².